The molecule has 27 heavy (non-hydrogen) atoms. The number of hydrogen-bond donors (Lipinski definition) is 1. The van der Waals surface area contributed by atoms with Crippen LogP contribution in [0.4, 0.5) is 0 Å². The maximum absolute atomic E-state index is 9.44. The predicted octanol–water partition coefficient (Wildman–Crippen LogP) is 3.96. The van der Waals surface area contributed by atoms with E-state index in [1.807, 2.05) is 30.3 Å². The molecular formula is C21H18N2O4. The highest BCUT2D eigenvalue weighted by Crippen LogP contribution is 2.26. The first-order chi connectivity index (χ1) is 13.3. The molecule has 0 unspecified atom stereocenters. The Hall–Kier alpha value is -3.38. The largest absolute Gasteiger partial charge is 0.491 e. The Bertz CT molecular complexity index is 1170. The van der Waals surface area contributed by atoms with E-state index in [9.17, 15) is 5.21 Å². The zero-order valence-electron chi connectivity index (χ0n) is 14.8. The zero-order valence-corrected chi connectivity index (χ0v) is 14.8. The van der Waals surface area contributed by atoms with Crippen molar-refractivity contribution in [2.45, 2.75) is 0 Å². The van der Waals surface area contributed by atoms with Gasteiger partial charge in [0.25, 0.3) is 0 Å². The summed E-state index contributed by atoms with van der Waals surface area (Å²) in [5.74, 6) is 1.16. The molecule has 0 radical (unpaired) electrons. The van der Waals surface area contributed by atoms with Gasteiger partial charge in [-0.2, -0.15) is 0 Å². The Morgan fingerprint density at radius 3 is 2.70 bits per heavy atom. The molecule has 6 nitrogen and oxygen atoms in total. The summed E-state index contributed by atoms with van der Waals surface area (Å²) in [6.45, 7) is 0.929. The number of fused-ring (bicyclic) bond motifs is 2. The minimum atomic E-state index is 0.407. The van der Waals surface area contributed by atoms with Gasteiger partial charge in [-0.05, 0) is 23.6 Å². The molecule has 4 aromatic rings. The second-order valence-corrected chi connectivity index (χ2v) is 6.01. The number of rotatable bonds is 5. The molecule has 0 saturated heterocycles. The van der Waals surface area contributed by atoms with Crippen LogP contribution in [0.1, 0.15) is 0 Å². The van der Waals surface area contributed by atoms with Crippen molar-refractivity contribution in [3.63, 3.8) is 0 Å². The zero-order chi connectivity index (χ0) is 18.6. The highest BCUT2D eigenvalue weighted by molar-refractivity contribution is 5.85. The van der Waals surface area contributed by atoms with Crippen LogP contribution in [0.3, 0.4) is 0 Å². The van der Waals surface area contributed by atoms with Gasteiger partial charge in [-0.25, -0.2) is 0 Å². The summed E-state index contributed by atoms with van der Waals surface area (Å²) in [6.07, 6.45) is 1.80. The molecule has 136 valence electrons. The maximum atomic E-state index is 9.44. The van der Waals surface area contributed by atoms with Crippen molar-refractivity contribution in [1.82, 2.24) is 4.98 Å². The number of methoxy groups -OCH3 is 1. The molecule has 0 aliphatic rings. The fourth-order valence-corrected chi connectivity index (χ4v) is 2.91. The molecule has 0 fully saturated rings. The molecule has 0 saturated carbocycles. The smallest absolute Gasteiger partial charge is 0.155 e. The number of aromatic nitrogens is 1. The van der Waals surface area contributed by atoms with E-state index in [0.717, 1.165) is 10.8 Å². The average molecular weight is 362 g/mol. The van der Waals surface area contributed by atoms with Gasteiger partial charge >= 0.3 is 0 Å². The van der Waals surface area contributed by atoms with Crippen LogP contribution >= 0.6 is 0 Å². The second kappa shape index (κ2) is 7.47. The fourth-order valence-electron chi connectivity index (χ4n) is 2.91. The Balaban J connectivity index is 1.81. The predicted molar refractivity (Wildman–Crippen MR) is 102 cm³/mol. The van der Waals surface area contributed by atoms with E-state index >= 15 is 0 Å². The molecule has 1 N–H and O–H groups in total. The Kier molecular flexibility index (Phi) is 4.72. The summed E-state index contributed by atoms with van der Waals surface area (Å²) in [7, 11) is 1.62. The molecule has 0 atom stereocenters. The molecule has 2 aromatic heterocycles. The van der Waals surface area contributed by atoms with Crippen molar-refractivity contribution in [2.24, 2.45) is 5.16 Å². The molecule has 2 heterocycles. The quantitative estimate of drug-likeness (QED) is 0.330. The molecule has 4 rings (SSSR count). The highest BCUT2D eigenvalue weighted by atomic mass is 16.5. The molecule has 0 spiro atoms. The summed E-state index contributed by atoms with van der Waals surface area (Å²) in [5.41, 5.74) is 1.20. The van der Waals surface area contributed by atoms with Crippen molar-refractivity contribution >= 4 is 21.7 Å². The Labute approximate surface area is 155 Å². The van der Waals surface area contributed by atoms with E-state index < -0.39 is 0 Å². The van der Waals surface area contributed by atoms with Gasteiger partial charge in [-0.15, -0.1) is 0 Å². The van der Waals surface area contributed by atoms with Gasteiger partial charge < -0.3 is 19.1 Å². The SMILES string of the molecule is COCCOc1ccc2c(=NO)cc(-c3cc4ccccc4cn3)oc2c1. The molecule has 6 heteroatoms. The summed E-state index contributed by atoms with van der Waals surface area (Å²) >= 11 is 0. The molecule has 2 aromatic carbocycles. The summed E-state index contributed by atoms with van der Waals surface area (Å²) in [4.78, 5) is 4.48. The first-order valence-corrected chi connectivity index (χ1v) is 8.51. The topological polar surface area (TPSA) is 77.1 Å². The van der Waals surface area contributed by atoms with Crippen LogP contribution in [0.15, 0.2) is 70.4 Å². The van der Waals surface area contributed by atoms with E-state index in [1.165, 1.54) is 0 Å². The van der Waals surface area contributed by atoms with Crippen LogP contribution in [0.5, 0.6) is 5.75 Å². The molecule has 0 aliphatic heterocycles. The van der Waals surface area contributed by atoms with Gasteiger partial charge in [0, 0.05) is 36.2 Å². The number of hydrogen-bond acceptors (Lipinski definition) is 6. The third-order valence-corrected chi connectivity index (χ3v) is 4.26. The average Bonchev–Trinajstić information content (AvgIpc) is 2.72. The van der Waals surface area contributed by atoms with Crippen LogP contribution in [-0.2, 0) is 4.74 Å². The number of ether oxygens (including phenoxy) is 2. The summed E-state index contributed by atoms with van der Waals surface area (Å²) < 4.78 is 16.7. The lowest BCUT2D eigenvalue weighted by Gasteiger charge is -2.08. The van der Waals surface area contributed by atoms with E-state index in [4.69, 9.17) is 13.9 Å². The van der Waals surface area contributed by atoms with Crippen molar-refractivity contribution in [1.29, 1.82) is 0 Å². The third-order valence-electron chi connectivity index (χ3n) is 4.26. The van der Waals surface area contributed by atoms with Gasteiger partial charge in [0.05, 0.1) is 6.61 Å². The summed E-state index contributed by atoms with van der Waals surface area (Å²) in [6, 6.07) is 16.9. The minimum Gasteiger partial charge on any atom is -0.491 e. The van der Waals surface area contributed by atoms with Crippen LogP contribution in [-0.4, -0.2) is 30.5 Å². The van der Waals surface area contributed by atoms with E-state index in [-0.39, 0.29) is 0 Å². The first-order valence-electron chi connectivity index (χ1n) is 8.51. The lowest BCUT2D eigenvalue weighted by molar-refractivity contribution is 0.146. The van der Waals surface area contributed by atoms with E-state index in [2.05, 4.69) is 10.1 Å². The van der Waals surface area contributed by atoms with Gasteiger partial charge in [-0.3, -0.25) is 4.98 Å². The van der Waals surface area contributed by atoms with Gasteiger partial charge in [0.1, 0.15) is 29.0 Å². The number of nitrogens with zero attached hydrogens (tertiary/aromatic N) is 2. The standard InChI is InChI=1S/C21H18N2O4/c1-25-8-9-26-16-6-7-17-18(23-24)12-21(27-20(17)11-16)19-10-14-4-2-3-5-15(14)13-22-19/h2-7,10-13,24H,8-9H2,1H3. The van der Waals surface area contributed by atoms with Crippen molar-refractivity contribution in [2.75, 3.05) is 20.3 Å². The van der Waals surface area contributed by atoms with Crippen LogP contribution in [0.25, 0.3) is 33.2 Å². The Morgan fingerprint density at radius 1 is 1.04 bits per heavy atom. The van der Waals surface area contributed by atoms with Gasteiger partial charge in [0.2, 0.25) is 0 Å². The normalized spacial score (nSPS) is 12.0. The lowest BCUT2D eigenvalue weighted by atomic mass is 10.1. The molecular weight excluding hydrogens is 344 g/mol. The maximum Gasteiger partial charge on any atom is 0.155 e. The first kappa shape index (κ1) is 17.1. The van der Waals surface area contributed by atoms with E-state index in [1.54, 1.807) is 37.6 Å². The fraction of sp³-hybridized carbons (Fsp3) is 0.143. The van der Waals surface area contributed by atoms with Crippen molar-refractivity contribution < 1.29 is 19.1 Å². The van der Waals surface area contributed by atoms with Gasteiger partial charge in [0.15, 0.2) is 5.76 Å². The van der Waals surface area contributed by atoms with E-state index in [0.29, 0.717) is 46.7 Å². The lowest BCUT2D eigenvalue weighted by Crippen LogP contribution is -2.06. The Morgan fingerprint density at radius 2 is 1.89 bits per heavy atom. The minimum absolute atomic E-state index is 0.407. The molecule has 0 amide bonds. The van der Waals surface area contributed by atoms with Crippen molar-refractivity contribution in [3.8, 4) is 17.2 Å². The highest BCUT2D eigenvalue weighted by Gasteiger charge is 2.09. The monoisotopic (exact) mass is 362 g/mol. The van der Waals surface area contributed by atoms with Crippen LogP contribution in [0, 0.1) is 0 Å². The van der Waals surface area contributed by atoms with Crippen LogP contribution in [0.2, 0.25) is 0 Å². The van der Waals surface area contributed by atoms with Crippen LogP contribution < -0.4 is 10.1 Å². The van der Waals surface area contributed by atoms with Crippen molar-refractivity contribution in [3.05, 3.63) is 66.2 Å². The van der Waals surface area contributed by atoms with Gasteiger partial charge in [-0.1, -0.05) is 29.4 Å². The molecule has 0 bridgehead atoms. The number of pyridine rings is 1. The second-order valence-electron chi connectivity index (χ2n) is 6.01. The third kappa shape index (κ3) is 3.47. The number of benzene rings is 2. The summed E-state index contributed by atoms with van der Waals surface area (Å²) in [5, 5.41) is 16.0. The molecule has 0 aliphatic carbocycles.